The van der Waals surface area contributed by atoms with Crippen LogP contribution in [0.25, 0.3) is 0 Å². The summed E-state index contributed by atoms with van der Waals surface area (Å²) in [7, 11) is 0. The van der Waals surface area contributed by atoms with E-state index in [2.05, 4.69) is 4.74 Å². The van der Waals surface area contributed by atoms with Gasteiger partial charge in [0.25, 0.3) is 0 Å². The van der Waals surface area contributed by atoms with Crippen LogP contribution >= 0.6 is 0 Å². The maximum atomic E-state index is 10.9. The molecule has 0 unspecified atom stereocenters. The van der Waals surface area contributed by atoms with Crippen LogP contribution in [-0.4, -0.2) is 44.2 Å². The molecule has 4 heteroatoms. The summed E-state index contributed by atoms with van der Waals surface area (Å²) >= 11 is 0. The molecule has 0 radical (unpaired) electrons. The van der Waals surface area contributed by atoms with Crippen molar-refractivity contribution in [3.05, 3.63) is 0 Å². The Kier molecular flexibility index (Phi) is 9.26. The maximum absolute atomic E-state index is 10.9. The van der Waals surface area contributed by atoms with Crippen LogP contribution in [0.3, 0.4) is 0 Å². The SMILES string of the molecule is CCOC(=O)CC(=O)C(C)C.[InH3]. The van der Waals surface area contributed by atoms with Gasteiger partial charge in [-0.05, 0) is 6.92 Å². The number of Topliss-reactive ketones (excluding diaryl/α,β-unsaturated/α-hetero) is 1. The van der Waals surface area contributed by atoms with Gasteiger partial charge in [0.15, 0.2) is 0 Å². The van der Waals surface area contributed by atoms with Crippen LogP contribution < -0.4 is 0 Å². The molecule has 3 nitrogen and oxygen atoms in total. The molecule has 0 heterocycles. The van der Waals surface area contributed by atoms with E-state index in [1.54, 1.807) is 20.8 Å². The third-order valence-electron chi connectivity index (χ3n) is 1.27. The van der Waals surface area contributed by atoms with Gasteiger partial charge in [0, 0.05) is 5.92 Å². The molecule has 0 fully saturated rings. The van der Waals surface area contributed by atoms with E-state index in [0.717, 1.165) is 0 Å². The predicted octanol–water partition coefficient (Wildman–Crippen LogP) is -0.0192. The molecule has 0 N–H and O–H groups in total. The number of hydrogen-bond acceptors (Lipinski definition) is 3. The van der Waals surface area contributed by atoms with Crippen molar-refractivity contribution < 1.29 is 14.3 Å². The Labute approximate surface area is 91.6 Å². The Bertz CT molecular complexity index is 154. The summed E-state index contributed by atoms with van der Waals surface area (Å²) < 4.78 is 4.60. The number of ketones is 1. The van der Waals surface area contributed by atoms with Crippen molar-refractivity contribution >= 4 is 37.6 Å². The van der Waals surface area contributed by atoms with Gasteiger partial charge in [-0.2, -0.15) is 0 Å². The minimum atomic E-state index is -0.425. The number of esters is 1. The number of rotatable bonds is 4. The normalized spacial score (nSPS) is 9.00. The molecule has 0 aromatic carbocycles. The second kappa shape index (κ2) is 7.65. The molecule has 0 aromatic rings. The fourth-order valence-electron chi connectivity index (χ4n) is 0.558. The van der Waals surface area contributed by atoms with E-state index in [9.17, 15) is 9.59 Å². The van der Waals surface area contributed by atoms with Crippen LogP contribution in [-0.2, 0) is 14.3 Å². The van der Waals surface area contributed by atoms with Gasteiger partial charge in [0.05, 0.1) is 6.61 Å². The van der Waals surface area contributed by atoms with E-state index in [-0.39, 0.29) is 44.0 Å². The van der Waals surface area contributed by atoms with E-state index in [0.29, 0.717) is 6.61 Å². The molecule has 0 saturated heterocycles. The molecule has 0 amide bonds. The van der Waals surface area contributed by atoms with Crippen molar-refractivity contribution in [2.24, 2.45) is 5.92 Å². The zero-order valence-electron chi connectivity index (χ0n) is 7.22. The van der Waals surface area contributed by atoms with Gasteiger partial charge in [-0.15, -0.1) is 0 Å². The van der Waals surface area contributed by atoms with E-state index < -0.39 is 5.97 Å². The van der Waals surface area contributed by atoms with E-state index in [1.165, 1.54) is 0 Å². The molecule has 0 aliphatic carbocycles. The van der Waals surface area contributed by atoms with E-state index >= 15 is 0 Å². The number of hydrogen-bond donors (Lipinski definition) is 0. The molecule has 70 valence electrons. The Morgan fingerprint density at radius 1 is 1.33 bits per heavy atom. The molecule has 0 atom stereocenters. The van der Waals surface area contributed by atoms with E-state index in [4.69, 9.17) is 0 Å². The van der Waals surface area contributed by atoms with Crippen molar-refractivity contribution in [1.29, 1.82) is 0 Å². The van der Waals surface area contributed by atoms with Crippen LogP contribution in [0.15, 0.2) is 0 Å². The van der Waals surface area contributed by atoms with Gasteiger partial charge >= 0.3 is 31.8 Å². The van der Waals surface area contributed by atoms with Crippen LogP contribution in [0.1, 0.15) is 27.2 Å². The number of carbonyl (C=O) groups excluding carboxylic acids is 2. The van der Waals surface area contributed by atoms with Crippen molar-refractivity contribution in [3.63, 3.8) is 0 Å². The first-order chi connectivity index (χ1) is 5.07. The van der Waals surface area contributed by atoms with Crippen LogP contribution in [0.5, 0.6) is 0 Å². The quantitative estimate of drug-likeness (QED) is 0.535. The Morgan fingerprint density at radius 2 is 1.83 bits per heavy atom. The van der Waals surface area contributed by atoms with Crippen molar-refractivity contribution in [2.75, 3.05) is 6.61 Å². The van der Waals surface area contributed by atoms with Gasteiger partial charge in [0.2, 0.25) is 0 Å². The first-order valence-corrected chi connectivity index (χ1v) is 3.76. The molecule has 0 aromatic heterocycles. The summed E-state index contributed by atoms with van der Waals surface area (Å²) in [4.78, 5) is 21.6. The average Bonchev–Trinajstić information content (AvgIpc) is 1.87. The van der Waals surface area contributed by atoms with Gasteiger partial charge in [-0.1, -0.05) is 13.8 Å². The molecule has 0 aliphatic heterocycles. The number of carbonyl (C=O) groups is 2. The fourth-order valence-corrected chi connectivity index (χ4v) is 0.558. The summed E-state index contributed by atoms with van der Waals surface area (Å²) in [6, 6.07) is 0. The molecule has 0 bridgehead atoms. The van der Waals surface area contributed by atoms with Crippen LogP contribution in [0.4, 0.5) is 0 Å². The Morgan fingerprint density at radius 3 is 2.17 bits per heavy atom. The number of ether oxygens (including phenoxy) is 1. The monoisotopic (exact) mass is 276 g/mol. The first-order valence-electron chi connectivity index (χ1n) is 3.76. The molecule has 0 aliphatic rings. The van der Waals surface area contributed by atoms with Gasteiger partial charge in [-0.3, -0.25) is 9.59 Å². The summed E-state index contributed by atoms with van der Waals surface area (Å²) in [5.74, 6) is -0.575. The molecule has 12 heavy (non-hydrogen) atoms. The standard InChI is InChI=1S/C8H14O3.In.3H/c1-4-11-8(10)5-7(9)6(2)3;;;;/h6H,4-5H2,1-3H3;;;;. The van der Waals surface area contributed by atoms with Gasteiger partial charge in [-0.25, -0.2) is 0 Å². The molecule has 0 spiro atoms. The summed E-state index contributed by atoms with van der Waals surface area (Å²) in [6.45, 7) is 5.59. The Hall–Kier alpha value is 0.0101. The summed E-state index contributed by atoms with van der Waals surface area (Å²) in [5, 5.41) is 0. The minimum absolute atomic E-state index is 0. The van der Waals surface area contributed by atoms with Crippen LogP contribution in [0, 0.1) is 5.92 Å². The first kappa shape index (κ1) is 14.5. The van der Waals surface area contributed by atoms with Crippen LogP contribution in [0.2, 0.25) is 0 Å². The molecular formula is C8H17InO3. The van der Waals surface area contributed by atoms with Crippen molar-refractivity contribution in [2.45, 2.75) is 27.2 Å². The average molecular weight is 276 g/mol. The summed E-state index contributed by atoms with van der Waals surface area (Å²) in [5.41, 5.74) is 0. The second-order valence-electron chi connectivity index (χ2n) is 2.60. The molecular weight excluding hydrogens is 259 g/mol. The second-order valence-corrected chi connectivity index (χ2v) is 2.60. The van der Waals surface area contributed by atoms with Crippen molar-refractivity contribution in [3.8, 4) is 0 Å². The van der Waals surface area contributed by atoms with Gasteiger partial charge < -0.3 is 4.74 Å². The Balaban J connectivity index is 0. The van der Waals surface area contributed by atoms with Gasteiger partial charge in [0.1, 0.15) is 12.2 Å². The predicted molar refractivity (Wildman–Crippen MR) is 51.0 cm³/mol. The zero-order chi connectivity index (χ0) is 8.85. The van der Waals surface area contributed by atoms with Crippen molar-refractivity contribution in [1.82, 2.24) is 0 Å². The third kappa shape index (κ3) is 6.70. The molecule has 0 rings (SSSR count). The zero-order valence-corrected chi connectivity index (χ0v) is 7.22. The topological polar surface area (TPSA) is 43.4 Å². The molecule has 0 saturated carbocycles. The third-order valence-corrected chi connectivity index (χ3v) is 1.27. The van der Waals surface area contributed by atoms with E-state index in [1.807, 2.05) is 0 Å². The fraction of sp³-hybridized carbons (Fsp3) is 0.750. The summed E-state index contributed by atoms with van der Waals surface area (Å²) in [6.07, 6.45) is -0.0918.